The van der Waals surface area contributed by atoms with Gasteiger partial charge in [-0.15, -0.1) is 0 Å². The van der Waals surface area contributed by atoms with Crippen LogP contribution in [0.5, 0.6) is 11.5 Å². The molecule has 0 radical (unpaired) electrons. The molecule has 0 spiro atoms. The maximum Gasteiger partial charge on any atom is 0.349 e. The molecule has 266 valence electrons. The van der Waals surface area contributed by atoms with Crippen LogP contribution in [0.25, 0.3) is 0 Å². The van der Waals surface area contributed by atoms with Gasteiger partial charge in [0.2, 0.25) is 11.6 Å². The normalized spacial score (nSPS) is 19.3. The number of nitrogens with zero attached hydrogens (tertiary/aromatic N) is 1. The fourth-order valence-electron chi connectivity index (χ4n) is 4.76. The van der Waals surface area contributed by atoms with E-state index in [1.165, 1.54) is 6.92 Å². The Labute approximate surface area is 280 Å². The molecule has 1 saturated heterocycles. The van der Waals surface area contributed by atoms with E-state index in [9.17, 15) is 45.9 Å². The molecule has 1 N–H and O–H groups in total. The molecular weight excluding hydrogens is 679 g/mol. The topological polar surface area (TPSA) is 156 Å². The molecule has 1 amide bonds. The molecule has 17 heteroatoms. The molecule has 2 heterocycles. The van der Waals surface area contributed by atoms with E-state index in [-0.39, 0.29) is 6.42 Å². The van der Waals surface area contributed by atoms with Crippen molar-refractivity contribution in [1.29, 1.82) is 0 Å². The standard InChI is InChI=1S/C33H29F5N2O10/c1-14(2)30(42)49-27-15(3)48-32(44)18(13-47-31(43)17(27)12-16-8-6-5-7-9-16)40-29(41)26-28(19(46-4)10-11-39-26)50-33(45)20-21(34)23(36)25(38)24(37)22(20)35/h5-11,14-15,17-18,27H,12-13H2,1-4H3,(H,40,41)/t15-,17+,18?,27?/m0/s1. The zero-order valence-electron chi connectivity index (χ0n) is 26.8. The van der Waals surface area contributed by atoms with Crippen LogP contribution in [0.1, 0.15) is 47.2 Å². The molecule has 3 aromatic rings. The Bertz CT molecular complexity index is 1780. The summed E-state index contributed by atoms with van der Waals surface area (Å²) in [4.78, 5) is 69.2. The van der Waals surface area contributed by atoms with Gasteiger partial charge in [0.25, 0.3) is 5.91 Å². The molecule has 2 unspecified atom stereocenters. The minimum absolute atomic E-state index is 0.0140. The highest BCUT2D eigenvalue weighted by Crippen LogP contribution is 2.32. The lowest BCUT2D eigenvalue weighted by molar-refractivity contribution is -0.176. The summed E-state index contributed by atoms with van der Waals surface area (Å²) in [5.74, 6) is -21.8. The minimum atomic E-state index is -2.52. The molecular formula is C33H29F5N2O10. The Morgan fingerprint density at radius 2 is 1.56 bits per heavy atom. The summed E-state index contributed by atoms with van der Waals surface area (Å²) in [7, 11) is 1.03. The van der Waals surface area contributed by atoms with Crippen molar-refractivity contribution < 1.29 is 69.6 Å². The van der Waals surface area contributed by atoms with Crippen LogP contribution in [0.4, 0.5) is 22.0 Å². The fraction of sp³-hybridized carbons (Fsp3) is 0.333. The number of hydrogen-bond acceptors (Lipinski definition) is 11. The number of carbonyl (C=O) groups excluding carboxylic acids is 5. The second-order valence-electron chi connectivity index (χ2n) is 11.2. The first-order valence-corrected chi connectivity index (χ1v) is 14.8. The van der Waals surface area contributed by atoms with Crippen LogP contribution in [-0.2, 0) is 35.0 Å². The van der Waals surface area contributed by atoms with Crippen LogP contribution in [0, 0.1) is 40.9 Å². The first kappa shape index (κ1) is 37.2. The van der Waals surface area contributed by atoms with Crippen LogP contribution in [-0.4, -0.2) is 66.7 Å². The average molecular weight is 709 g/mol. The third kappa shape index (κ3) is 7.98. The summed E-state index contributed by atoms with van der Waals surface area (Å²) in [6.45, 7) is 3.68. The third-order valence-corrected chi connectivity index (χ3v) is 7.38. The van der Waals surface area contributed by atoms with Gasteiger partial charge in [-0.3, -0.25) is 14.4 Å². The Hall–Kier alpha value is -5.61. The van der Waals surface area contributed by atoms with Gasteiger partial charge in [0.1, 0.15) is 24.2 Å². The second-order valence-corrected chi connectivity index (χ2v) is 11.2. The van der Waals surface area contributed by atoms with Crippen molar-refractivity contribution in [2.45, 2.75) is 45.4 Å². The number of benzene rings is 2. The lowest BCUT2D eigenvalue weighted by Crippen LogP contribution is -2.47. The van der Waals surface area contributed by atoms with Crippen LogP contribution in [0.2, 0.25) is 0 Å². The molecule has 2 aromatic carbocycles. The number of halogens is 5. The maximum atomic E-state index is 14.3. The van der Waals surface area contributed by atoms with Crippen molar-refractivity contribution in [2.75, 3.05) is 13.7 Å². The zero-order chi connectivity index (χ0) is 36.9. The summed E-state index contributed by atoms with van der Waals surface area (Å²) in [6.07, 6.45) is -1.59. The van der Waals surface area contributed by atoms with Gasteiger partial charge in [-0.1, -0.05) is 44.2 Å². The van der Waals surface area contributed by atoms with E-state index in [0.29, 0.717) is 5.56 Å². The number of cyclic esters (lactones) is 2. The third-order valence-electron chi connectivity index (χ3n) is 7.38. The van der Waals surface area contributed by atoms with Gasteiger partial charge < -0.3 is 29.0 Å². The van der Waals surface area contributed by atoms with E-state index >= 15 is 0 Å². The lowest BCUT2D eigenvalue weighted by Gasteiger charge is -2.29. The van der Waals surface area contributed by atoms with E-state index in [4.69, 9.17) is 23.7 Å². The van der Waals surface area contributed by atoms with Gasteiger partial charge >= 0.3 is 23.9 Å². The van der Waals surface area contributed by atoms with Crippen molar-refractivity contribution in [3.05, 3.63) is 88.5 Å². The molecule has 4 atom stereocenters. The van der Waals surface area contributed by atoms with E-state index in [0.717, 1.165) is 19.4 Å². The Kier molecular flexibility index (Phi) is 11.7. The number of amides is 1. The number of rotatable bonds is 9. The zero-order valence-corrected chi connectivity index (χ0v) is 26.8. The number of ether oxygens (including phenoxy) is 5. The van der Waals surface area contributed by atoms with E-state index in [2.05, 4.69) is 10.3 Å². The number of methoxy groups -OCH3 is 1. The number of nitrogens with one attached hydrogen (secondary N) is 1. The average Bonchev–Trinajstić information content (AvgIpc) is 3.12. The SMILES string of the molecule is COc1ccnc(C(=O)NC2COC(=O)[C@H](Cc3ccccc3)C(OC(=O)C(C)C)[C@H](C)OC2=O)c1OC(=O)c1c(F)c(F)c(F)c(F)c1F. The highest BCUT2D eigenvalue weighted by Gasteiger charge is 2.42. The molecule has 0 bridgehead atoms. The molecule has 1 aliphatic rings. The molecule has 12 nitrogen and oxygen atoms in total. The van der Waals surface area contributed by atoms with Gasteiger partial charge in [-0.05, 0) is 18.9 Å². The lowest BCUT2D eigenvalue weighted by atomic mass is 9.91. The van der Waals surface area contributed by atoms with Crippen molar-refractivity contribution in [3.63, 3.8) is 0 Å². The largest absolute Gasteiger partial charge is 0.493 e. The first-order valence-electron chi connectivity index (χ1n) is 14.8. The summed E-state index contributed by atoms with van der Waals surface area (Å²) < 4.78 is 96.1. The molecule has 1 fully saturated rings. The highest BCUT2D eigenvalue weighted by atomic mass is 19.2. The predicted molar refractivity (Wildman–Crippen MR) is 158 cm³/mol. The molecule has 1 aliphatic heterocycles. The summed E-state index contributed by atoms with van der Waals surface area (Å²) >= 11 is 0. The number of aromatic nitrogens is 1. The quantitative estimate of drug-likeness (QED) is 0.113. The predicted octanol–water partition coefficient (Wildman–Crippen LogP) is 4.02. The Balaban J connectivity index is 1.64. The summed E-state index contributed by atoms with van der Waals surface area (Å²) in [5, 5.41) is 2.19. The Morgan fingerprint density at radius 3 is 2.16 bits per heavy atom. The Morgan fingerprint density at radius 1 is 0.940 bits per heavy atom. The molecule has 1 aromatic heterocycles. The van der Waals surface area contributed by atoms with Gasteiger partial charge in [-0.2, -0.15) is 0 Å². The van der Waals surface area contributed by atoms with Crippen LogP contribution in [0.15, 0.2) is 42.6 Å². The minimum Gasteiger partial charge on any atom is -0.493 e. The number of esters is 4. The maximum absolute atomic E-state index is 14.3. The van der Waals surface area contributed by atoms with Crippen LogP contribution < -0.4 is 14.8 Å². The number of carbonyl (C=O) groups is 5. The smallest absolute Gasteiger partial charge is 0.349 e. The van der Waals surface area contributed by atoms with Crippen molar-refractivity contribution in [1.82, 2.24) is 10.3 Å². The van der Waals surface area contributed by atoms with Crippen LogP contribution in [0.3, 0.4) is 0 Å². The van der Waals surface area contributed by atoms with Gasteiger partial charge in [-0.25, -0.2) is 36.5 Å². The second kappa shape index (κ2) is 15.7. The molecule has 0 saturated carbocycles. The fourth-order valence-corrected chi connectivity index (χ4v) is 4.76. The summed E-state index contributed by atoms with van der Waals surface area (Å²) in [5.41, 5.74) is -2.17. The highest BCUT2D eigenvalue weighted by molar-refractivity contribution is 6.00. The molecule has 0 aliphatic carbocycles. The monoisotopic (exact) mass is 708 g/mol. The number of hydrogen-bond donors (Lipinski definition) is 1. The number of pyridine rings is 1. The van der Waals surface area contributed by atoms with E-state index in [1.54, 1.807) is 44.2 Å². The molecule has 4 rings (SSSR count). The van der Waals surface area contributed by atoms with Crippen molar-refractivity contribution in [3.8, 4) is 11.5 Å². The van der Waals surface area contributed by atoms with E-state index < -0.39 is 118 Å². The van der Waals surface area contributed by atoms with Gasteiger partial charge in [0.15, 0.2) is 46.9 Å². The molecule has 50 heavy (non-hydrogen) atoms. The summed E-state index contributed by atoms with van der Waals surface area (Å²) in [6, 6.07) is 7.92. The van der Waals surface area contributed by atoms with Crippen molar-refractivity contribution >= 4 is 29.8 Å². The van der Waals surface area contributed by atoms with Crippen LogP contribution >= 0.6 is 0 Å². The van der Waals surface area contributed by atoms with E-state index in [1.807, 2.05) is 0 Å². The van der Waals surface area contributed by atoms with Gasteiger partial charge in [0.05, 0.1) is 13.0 Å². The first-order chi connectivity index (χ1) is 23.7. The van der Waals surface area contributed by atoms with Gasteiger partial charge in [0, 0.05) is 12.3 Å². The van der Waals surface area contributed by atoms with Crippen molar-refractivity contribution in [2.24, 2.45) is 11.8 Å².